The van der Waals surface area contributed by atoms with Crippen molar-refractivity contribution in [1.29, 1.82) is 0 Å². The Morgan fingerprint density at radius 3 is 1.95 bits per heavy atom. The lowest BCUT2D eigenvalue weighted by atomic mass is 9.96. The second-order valence-electron chi connectivity index (χ2n) is 15.3. The van der Waals surface area contributed by atoms with Crippen molar-refractivity contribution in [1.82, 2.24) is 9.55 Å². The highest BCUT2D eigenvalue weighted by Gasteiger charge is 2.62. The van der Waals surface area contributed by atoms with E-state index < -0.39 is 71.3 Å². The van der Waals surface area contributed by atoms with Gasteiger partial charge in [-0.05, 0) is 47.0 Å². The van der Waals surface area contributed by atoms with Crippen LogP contribution in [-0.4, -0.2) is 63.3 Å². The van der Waals surface area contributed by atoms with Gasteiger partial charge in [0.05, 0.1) is 18.1 Å². The molecule has 0 aliphatic carbocycles. The maximum Gasteiger partial charge on any atom is 0.330 e. The lowest BCUT2D eigenvalue weighted by Crippen LogP contribution is -2.68. The van der Waals surface area contributed by atoms with Crippen LogP contribution < -0.4 is 21.6 Å². The molecule has 6 rings (SSSR count). The van der Waals surface area contributed by atoms with Gasteiger partial charge in [0.25, 0.3) is 24.0 Å². The summed E-state index contributed by atoms with van der Waals surface area (Å²) in [4.78, 5) is 41.2. The van der Waals surface area contributed by atoms with Crippen molar-refractivity contribution < 1.29 is 36.0 Å². The van der Waals surface area contributed by atoms with E-state index in [1.807, 2.05) is 97.9 Å². The molecule has 5 aromatic rings. The molecule has 1 aliphatic rings. The summed E-state index contributed by atoms with van der Waals surface area (Å²) in [6.07, 6.45) is -2.77. The second-order valence-corrected chi connectivity index (χ2v) is 21.2. The molecule has 1 aromatic heterocycles. The average Bonchev–Trinajstić information content (AvgIpc) is 3.47. The minimum atomic E-state index is -4.43. The van der Waals surface area contributed by atoms with Crippen LogP contribution in [0.4, 0.5) is 0 Å². The van der Waals surface area contributed by atoms with E-state index >= 15 is 0 Å². The number of benzene rings is 4. The number of carbonyl (C=O) groups is 1. The summed E-state index contributed by atoms with van der Waals surface area (Å²) in [5.74, 6) is -0.715. The van der Waals surface area contributed by atoms with Crippen LogP contribution in [0.1, 0.15) is 50.6 Å². The predicted molar refractivity (Wildman–Crippen MR) is 217 cm³/mol. The quantitative estimate of drug-likeness (QED) is 0.0930. The molecule has 4 aromatic carbocycles. The first-order chi connectivity index (χ1) is 27.1. The highest BCUT2D eigenvalue weighted by Crippen LogP contribution is 2.44. The van der Waals surface area contributed by atoms with Crippen molar-refractivity contribution in [2.24, 2.45) is 0 Å². The lowest BCUT2D eigenvalue weighted by Gasteiger charge is -2.45. The van der Waals surface area contributed by atoms with Crippen molar-refractivity contribution in [3.05, 3.63) is 159 Å². The van der Waals surface area contributed by atoms with E-state index in [0.29, 0.717) is 0 Å². The van der Waals surface area contributed by atoms with E-state index in [0.717, 1.165) is 26.1 Å². The third-order valence-corrected chi connectivity index (χ3v) is 16.4. The van der Waals surface area contributed by atoms with Crippen LogP contribution in [0.2, 0.25) is 5.04 Å². The van der Waals surface area contributed by atoms with Gasteiger partial charge in [-0.1, -0.05) is 129 Å². The zero-order valence-corrected chi connectivity index (χ0v) is 34.7. The number of aromatic amines is 1. The van der Waals surface area contributed by atoms with Crippen molar-refractivity contribution >= 4 is 34.8 Å². The SMILES string of the molecule is CC(=O)O[C@H]1[C@H](n2cc(C)c(=O)[nH]c2=O)O[C@@](CO[Si](c2ccccc2)(c2ccccc2)C(C)(C)C)(COS(=O)(=O)c2ccc(C)cc2)[C@H]1OCc1ccccc1. The summed E-state index contributed by atoms with van der Waals surface area (Å²) in [7, 11) is -7.80. The number of ether oxygens (including phenoxy) is 3. The molecule has 0 spiro atoms. The summed E-state index contributed by atoms with van der Waals surface area (Å²) in [5.41, 5.74) is -1.52. The largest absolute Gasteiger partial charge is 0.455 e. The Bertz CT molecular complexity index is 2340. The summed E-state index contributed by atoms with van der Waals surface area (Å²) in [6.45, 7) is 9.81. The zero-order valence-electron chi connectivity index (χ0n) is 32.8. The summed E-state index contributed by atoms with van der Waals surface area (Å²) < 4.78 is 61.9. The van der Waals surface area contributed by atoms with Gasteiger partial charge in [0.1, 0.15) is 18.3 Å². The van der Waals surface area contributed by atoms with E-state index in [1.54, 1.807) is 12.1 Å². The van der Waals surface area contributed by atoms with Crippen molar-refractivity contribution in [2.75, 3.05) is 13.2 Å². The monoisotopic (exact) mass is 812 g/mol. The van der Waals surface area contributed by atoms with Gasteiger partial charge in [-0.3, -0.25) is 23.3 Å². The van der Waals surface area contributed by atoms with Gasteiger partial charge in [0, 0.05) is 18.7 Å². The number of nitrogens with one attached hydrogen (secondary N) is 1. The topological polar surface area (TPSA) is 152 Å². The molecule has 57 heavy (non-hydrogen) atoms. The highest BCUT2D eigenvalue weighted by molar-refractivity contribution is 7.86. The van der Waals surface area contributed by atoms with Gasteiger partial charge >= 0.3 is 11.7 Å². The summed E-state index contributed by atoms with van der Waals surface area (Å²) >= 11 is 0. The number of aromatic nitrogens is 2. The fraction of sp³-hybridized carbons (Fsp3) is 0.326. The van der Waals surface area contributed by atoms with Crippen molar-refractivity contribution in [2.45, 2.75) is 82.1 Å². The first-order valence-electron chi connectivity index (χ1n) is 18.6. The molecular weight excluding hydrogens is 765 g/mol. The first-order valence-corrected chi connectivity index (χ1v) is 21.9. The van der Waals surface area contributed by atoms with E-state index in [1.165, 1.54) is 32.2 Å². The third kappa shape index (κ3) is 8.81. The number of esters is 1. The van der Waals surface area contributed by atoms with Gasteiger partial charge in [-0.25, -0.2) is 4.79 Å². The standard InChI is InChI=1S/C43H48N2O10SSi/c1-30-22-24-34(25-23-30)56(49,50)52-28-43(29-53-57(42(4,5)6,35-18-12-8-13-19-35)36-20-14-9-15-21-36)38(51-27-33-16-10-7-11-17-33)37(54-32(3)46)40(55-43)45-26-31(2)39(47)44-41(45)48/h7-26,37-38,40H,27-29H2,1-6H3,(H,44,47,48)/t37-,38+,40-,43-/m1/s1. The lowest BCUT2D eigenvalue weighted by molar-refractivity contribution is -0.160. The first kappa shape index (κ1) is 41.7. The van der Waals surface area contributed by atoms with Crippen LogP contribution in [0, 0.1) is 13.8 Å². The Morgan fingerprint density at radius 1 is 0.842 bits per heavy atom. The molecule has 0 radical (unpaired) electrons. The third-order valence-electron chi connectivity index (χ3n) is 10.2. The number of H-pyrrole nitrogens is 1. The van der Waals surface area contributed by atoms with Gasteiger partial charge in [-0.2, -0.15) is 8.42 Å². The Labute approximate surface area is 333 Å². The van der Waals surface area contributed by atoms with E-state index in [9.17, 15) is 22.8 Å². The van der Waals surface area contributed by atoms with Gasteiger partial charge in [0.2, 0.25) is 0 Å². The van der Waals surface area contributed by atoms with E-state index in [2.05, 4.69) is 25.8 Å². The van der Waals surface area contributed by atoms with Gasteiger partial charge in [0.15, 0.2) is 12.3 Å². The molecule has 2 heterocycles. The maximum atomic E-state index is 13.9. The summed E-state index contributed by atoms with van der Waals surface area (Å²) in [5, 5.41) is 1.35. The molecule has 0 bridgehead atoms. The highest BCUT2D eigenvalue weighted by atomic mass is 32.2. The fourth-order valence-corrected chi connectivity index (χ4v) is 12.9. The van der Waals surface area contributed by atoms with Crippen LogP contribution >= 0.6 is 0 Å². The van der Waals surface area contributed by atoms with Crippen molar-refractivity contribution in [3.63, 3.8) is 0 Å². The van der Waals surface area contributed by atoms with Crippen LogP contribution in [0.3, 0.4) is 0 Å². The molecule has 1 N–H and O–H groups in total. The van der Waals surface area contributed by atoms with Crippen LogP contribution in [0.5, 0.6) is 0 Å². The molecule has 0 amide bonds. The molecule has 14 heteroatoms. The molecule has 1 fully saturated rings. The Morgan fingerprint density at radius 2 is 1.40 bits per heavy atom. The predicted octanol–water partition coefficient (Wildman–Crippen LogP) is 4.92. The molecular formula is C43H48N2O10SSi. The van der Waals surface area contributed by atoms with Crippen molar-refractivity contribution in [3.8, 4) is 0 Å². The van der Waals surface area contributed by atoms with Crippen LogP contribution in [0.15, 0.2) is 136 Å². The molecule has 0 unspecified atom stereocenters. The van der Waals surface area contributed by atoms with Gasteiger partial charge in [-0.15, -0.1) is 0 Å². The Hall–Kier alpha value is -4.96. The fourth-order valence-electron chi connectivity index (χ4n) is 7.35. The van der Waals surface area contributed by atoms with Crippen LogP contribution in [-0.2, 0) is 44.3 Å². The number of hydrogen-bond donors (Lipinski definition) is 1. The molecule has 1 saturated heterocycles. The molecule has 4 atom stereocenters. The molecule has 1 aliphatic heterocycles. The smallest absolute Gasteiger partial charge is 0.330 e. The van der Waals surface area contributed by atoms with Gasteiger partial charge < -0.3 is 18.6 Å². The molecule has 12 nitrogen and oxygen atoms in total. The summed E-state index contributed by atoms with van der Waals surface area (Å²) in [6, 6.07) is 35.1. The normalized spacial score (nSPS) is 20.0. The van der Waals surface area contributed by atoms with Crippen LogP contribution in [0.25, 0.3) is 0 Å². The number of hydrogen-bond acceptors (Lipinski definition) is 10. The zero-order chi connectivity index (χ0) is 41.0. The second kappa shape index (κ2) is 16.9. The number of rotatable bonds is 14. The van der Waals surface area contributed by atoms with E-state index in [-0.39, 0.29) is 23.7 Å². The number of aryl methyl sites for hydroxylation is 2. The number of carbonyl (C=O) groups excluding carboxylic acids is 1. The number of nitrogens with zero attached hydrogens (tertiary/aromatic N) is 1. The minimum absolute atomic E-state index is 0.0232. The molecule has 0 saturated carbocycles. The van der Waals surface area contributed by atoms with E-state index in [4.69, 9.17) is 22.8 Å². The Kier molecular flexibility index (Phi) is 12.3. The maximum absolute atomic E-state index is 13.9. The minimum Gasteiger partial charge on any atom is -0.455 e. The molecule has 300 valence electrons. The average molecular weight is 813 g/mol. The Balaban J connectivity index is 1.57.